The highest BCUT2D eigenvalue weighted by molar-refractivity contribution is 8.13. The molecule has 0 atom stereocenters. The second-order valence-electron chi connectivity index (χ2n) is 3.44. The van der Waals surface area contributed by atoms with E-state index in [1.807, 2.05) is 17.5 Å². The highest BCUT2D eigenvalue weighted by Crippen LogP contribution is 2.10. The van der Waals surface area contributed by atoms with Gasteiger partial charge in [-0.05, 0) is 24.3 Å². The van der Waals surface area contributed by atoms with Gasteiger partial charge in [0.2, 0.25) is 9.05 Å². The Labute approximate surface area is 105 Å². The highest BCUT2D eigenvalue weighted by atomic mass is 35.7. The standard InChI is InChI=1S/C10H15ClO3S2/c11-16(12,13)8-3-1-2-6-14-9-10-5-4-7-15-10/h4-5,7H,1-3,6,8-9H2. The van der Waals surface area contributed by atoms with Crippen molar-refractivity contribution in [1.82, 2.24) is 0 Å². The Morgan fingerprint density at radius 2 is 2.12 bits per heavy atom. The molecule has 0 aliphatic rings. The van der Waals surface area contributed by atoms with Crippen molar-refractivity contribution in [3.8, 4) is 0 Å². The number of halogens is 1. The van der Waals surface area contributed by atoms with Gasteiger partial charge in [-0.1, -0.05) is 12.5 Å². The Kier molecular flexibility index (Phi) is 6.34. The van der Waals surface area contributed by atoms with Crippen molar-refractivity contribution in [3.63, 3.8) is 0 Å². The second kappa shape index (κ2) is 7.27. The van der Waals surface area contributed by atoms with Crippen molar-refractivity contribution in [2.45, 2.75) is 25.9 Å². The summed E-state index contributed by atoms with van der Waals surface area (Å²) in [6.07, 6.45) is 2.31. The van der Waals surface area contributed by atoms with Gasteiger partial charge >= 0.3 is 0 Å². The van der Waals surface area contributed by atoms with Crippen LogP contribution in [0.4, 0.5) is 0 Å². The third-order valence-corrected chi connectivity index (χ3v) is 4.09. The smallest absolute Gasteiger partial charge is 0.232 e. The topological polar surface area (TPSA) is 43.4 Å². The van der Waals surface area contributed by atoms with Crippen LogP contribution in [-0.4, -0.2) is 20.8 Å². The Morgan fingerprint density at radius 3 is 2.75 bits per heavy atom. The SMILES string of the molecule is O=S(=O)(Cl)CCCCCOCc1cccs1. The molecule has 6 heteroatoms. The lowest BCUT2D eigenvalue weighted by Crippen LogP contribution is -1.99. The molecule has 0 spiro atoms. The van der Waals surface area contributed by atoms with Crippen LogP contribution in [0, 0.1) is 0 Å². The van der Waals surface area contributed by atoms with E-state index in [2.05, 4.69) is 0 Å². The van der Waals surface area contributed by atoms with Gasteiger partial charge in [-0.15, -0.1) is 11.3 Å². The zero-order valence-corrected chi connectivity index (χ0v) is 11.3. The summed E-state index contributed by atoms with van der Waals surface area (Å²) in [6, 6.07) is 4.03. The van der Waals surface area contributed by atoms with E-state index in [1.165, 1.54) is 4.88 Å². The van der Waals surface area contributed by atoms with Crippen LogP contribution in [0.1, 0.15) is 24.1 Å². The van der Waals surface area contributed by atoms with Crippen molar-refractivity contribution in [3.05, 3.63) is 22.4 Å². The Balaban J connectivity index is 1.93. The maximum Gasteiger partial charge on any atom is 0.232 e. The lowest BCUT2D eigenvalue weighted by Gasteiger charge is -2.02. The fourth-order valence-corrected chi connectivity index (χ4v) is 2.74. The molecule has 0 unspecified atom stereocenters. The van der Waals surface area contributed by atoms with E-state index < -0.39 is 9.05 Å². The molecule has 1 aromatic rings. The van der Waals surface area contributed by atoms with Crippen molar-refractivity contribution in [2.75, 3.05) is 12.4 Å². The predicted octanol–water partition coefficient (Wildman–Crippen LogP) is 3.00. The van der Waals surface area contributed by atoms with Crippen LogP contribution >= 0.6 is 22.0 Å². The molecule has 1 heterocycles. The summed E-state index contributed by atoms with van der Waals surface area (Å²) in [5, 5.41) is 2.02. The lowest BCUT2D eigenvalue weighted by molar-refractivity contribution is 0.119. The van der Waals surface area contributed by atoms with Gasteiger partial charge in [-0.25, -0.2) is 8.42 Å². The molecule has 16 heavy (non-hydrogen) atoms. The average Bonchev–Trinajstić information content (AvgIpc) is 2.67. The molecule has 92 valence electrons. The van der Waals surface area contributed by atoms with E-state index in [0.29, 0.717) is 19.6 Å². The first kappa shape index (κ1) is 14.0. The molecule has 0 fully saturated rings. The molecule has 0 aliphatic heterocycles. The molecule has 0 aromatic carbocycles. The van der Waals surface area contributed by atoms with Crippen molar-refractivity contribution in [2.24, 2.45) is 0 Å². The van der Waals surface area contributed by atoms with Gasteiger partial charge in [0.05, 0.1) is 12.4 Å². The van der Waals surface area contributed by atoms with Gasteiger partial charge in [0, 0.05) is 22.2 Å². The van der Waals surface area contributed by atoms with Crippen LogP contribution in [0.2, 0.25) is 0 Å². The second-order valence-corrected chi connectivity index (χ2v) is 7.36. The zero-order chi connectivity index (χ0) is 11.9. The van der Waals surface area contributed by atoms with Crippen molar-refractivity contribution in [1.29, 1.82) is 0 Å². The summed E-state index contributed by atoms with van der Waals surface area (Å²) >= 11 is 1.67. The van der Waals surface area contributed by atoms with Gasteiger partial charge in [0.1, 0.15) is 0 Å². The first-order chi connectivity index (χ1) is 7.58. The molecular formula is C10H15ClO3S2. The summed E-state index contributed by atoms with van der Waals surface area (Å²) in [5.41, 5.74) is 0. The third-order valence-electron chi connectivity index (χ3n) is 2.00. The molecule has 0 amide bonds. The summed E-state index contributed by atoms with van der Waals surface area (Å²) in [6.45, 7) is 1.31. The number of rotatable bonds is 8. The monoisotopic (exact) mass is 282 g/mol. The largest absolute Gasteiger partial charge is 0.376 e. The molecule has 0 N–H and O–H groups in total. The van der Waals surface area contributed by atoms with E-state index >= 15 is 0 Å². The van der Waals surface area contributed by atoms with Crippen molar-refractivity contribution >= 4 is 31.1 Å². The number of ether oxygens (including phenoxy) is 1. The molecule has 3 nitrogen and oxygen atoms in total. The minimum atomic E-state index is -3.32. The molecule has 0 bridgehead atoms. The molecule has 0 saturated heterocycles. The van der Waals surface area contributed by atoms with Gasteiger partial charge < -0.3 is 4.74 Å². The molecular weight excluding hydrogens is 268 g/mol. The number of unbranched alkanes of at least 4 members (excludes halogenated alkanes) is 2. The maximum atomic E-state index is 10.6. The fraction of sp³-hybridized carbons (Fsp3) is 0.600. The van der Waals surface area contributed by atoms with Crippen LogP contribution in [-0.2, 0) is 20.4 Å². The van der Waals surface area contributed by atoms with E-state index in [4.69, 9.17) is 15.4 Å². The van der Waals surface area contributed by atoms with Gasteiger partial charge in [0.15, 0.2) is 0 Å². The van der Waals surface area contributed by atoms with E-state index in [0.717, 1.165) is 12.8 Å². The maximum absolute atomic E-state index is 10.6. The normalized spacial score (nSPS) is 11.8. The molecule has 0 radical (unpaired) electrons. The molecule has 0 aliphatic carbocycles. The van der Waals surface area contributed by atoms with Gasteiger partial charge in [-0.2, -0.15) is 0 Å². The summed E-state index contributed by atoms with van der Waals surface area (Å²) < 4.78 is 26.7. The first-order valence-corrected chi connectivity index (χ1v) is 8.46. The first-order valence-electron chi connectivity index (χ1n) is 5.10. The Hall–Kier alpha value is -0.100. The number of hydrogen-bond donors (Lipinski definition) is 0. The summed E-state index contributed by atoms with van der Waals surface area (Å²) in [5.74, 6) is 0.0550. The third kappa shape index (κ3) is 7.22. The van der Waals surface area contributed by atoms with E-state index in [-0.39, 0.29) is 5.75 Å². The quantitative estimate of drug-likeness (QED) is 0.544. The van der Waals surface area contributed by atoms with E-state index in [1.54, 1.807) is 11.3 Å². The minimum absolute atomic E-state index is 0.0550. The van der Waals surface area contributed by atoms with Crippen LogP contribution in [0.3, 0.4) is 0 Å². The number of hydrogen-bond acceptors (Lipinski definition) is 4. The molecule has 1 aromatic heterocycles. The number of thiophene rings is 1. The molecule has 0 saturated carbocycles. The summed E-state index contributed by atoms with van der Waals surface area (Å²) in [7, 11) is 1.76. The molecule has 1 rings (SSSR count). The minimum Gasteiger partial charge on any atom is -0.376 e. The van der Waals surface area contributed by atoms with Crippen LogP contribution in [0.15, 0.2) is 17.5 Å². The summed E-state index contributed by atoms with van der Waals surface area (Å²) in [4.78, 5) is 1.21. The van der Waals surface area contributed by atoms with Crippen LogP contribution in [0.25, 0.3) is 0 Å². The van der Waals surface area contributed by atoms with E-state index in [9.17, 15) is 8.42 Å². The highest BCUT2D eigenvalue weighted by Gasteiger charge is 2.03. The Morgan fingerprint density at radius 1 is 1.31 bits per heavy atom. The fourth-order valence-electron chi connectivity index (χ4n) is 1.22. The average molecular weight is 283 g/mol. The van der Waals surface area contributed by atoms with Crippen LogP contribution < -0.4 is 0 Å². The van der Waals surface area contributed by atoms with Gasteiger partial charge in [0.25, 0.3) is 0 Å². The van der Waals surface area contributed by atoms with Gasteiger partial charge in [-0.3, -0.25) is 0 Å². The van der Waals surface area contributed by atoms with Crippen molar-refractivity contribution < 1.29 is 13.2 Å². The zero-order valence-electron chi connectivity index (χ0n) is 8.89. The predicted molar refractivity (Wildman–Crippen MR) is 67.5 cm³/mol. The Bertz CT molecular complexity index is 373. The lowest BCUT2D eigenvalue weighted by atomic mass is 10.3. The van der Waals surface area contributed by atoms with Crippen LogP contribution in [0.5, 0.6) is 0 Å².